The second-order valence-corrected chi connectivity index (χ2v) is 5.19. The van der Waals surface area contributed by atoms with Crippen LogP contribution in [0.25, 0.3) is 0 Å². The lowest BCUT2D eigenvalue weighted by molar-refractivity contribution is -0.0645. The maximum Gasteiger partial charge on any atom is 0.0806 e. The van der Waals surface area contributed by atoms with Crippen molar-refractivity contribution in [3.8, 4) is 0 Å². The summed E-state index contributed by atoms with van der Waals surface area (Å²) in [6.07, 6.45) is 1.52. The molecule has 0 heterocycles. The summed E-state index contributed by atoms with van der Waals surface area (Å²) in [5.41, 5.74) is 0. The molecule has 0 amide bonds. The summed E-state index contributed by atoms with van der Waals surface area (Å²) in [7, 11) is 0. The first-order valence-electron chi connectivity index (χ1n) is 6.16. The molecule has 0 radical (unpaired) electrons. The van der Waals surface area contributed by atoms with Gasteiger partial charge in [0.15, 0.2) is 0 Å². The Morgan fingerprint density at radius 2 is 1.27 bits per heavy atom. The van der Waals surface area contributed by atoms with E-state index in [2.05, 4.69) is 41.5 Å². The number of hydrogen-bond acceptors (Lipinski definition) is 2. The Bertz CT molecular complexity index is 143. The maximum absolute atomic E-state index is 5.72. The second-order valence-electron chi connectivity index (χ2n) is 5.19. The first-order valence-corrected chi connectivity index (χ1v) is 6.16. The Kier molecular flexibility index (Phi) is 8.07. The van der Waals surface area contributed by atoms with E-state index in [1.165, 1.54) is 0 Å². The van der Waals surface area contributed by atoms with Crippen LogP contribution in [0.4, 0.5) is 0 Å². The van der Waals surface area contributed by atoms with Gasteiger partial charge in [0.1, 0.15) is 0 Å². The van der Waals surface area contributed by atoms with Gasteiger partial charge in [-0.25, -0.2) is 0 Å². The van der Waals surface area contributed by atoms with Gasteiger partial charge in [-0.2, -0.15) is 0 Å². The molecule has 2 nitrogen and oxygen atoms in total. The lowest BCUT2D eigenvalue weighted by atomic mass is 10.1. The van der Waals surface area contributed by atoms with Crippen molar-refractivity contribution in [3.05, 3.63) is 0 Å². The van der Waals surface area contributed by atoms with Gasteiger partial charge >= 0.3 is 0 Å². The van der Waals surface area contributed by atoms with Gasteiger partial charge in [-0.15, -0.1) is 0 Å². The summed E-state index contributed by atoms with van der Waals surface area (Å²) in [4.78, 5) is 0. The molecular weight excluding hydrogens is 188 g/mol. The molecule has 2 heteroatoms. The van der Waals surface area contributed by atoms with Crippen molar-refractivity contribution in [2.24, 2.45) is 11.8 Å². The van der Waals surface area contributed by atoms with Crippen molar-refractivity contribution < 1.29 is 9.47 Å². The van der Waals surface area contributed by atoms with Gasteiger partial charge in [0.25, 0.3) is 0 Å². The third-order valence-electron chi connectivity index (χ3n) is 2.43. The van der Waals surface area contributed by atoms with Gasteiger partial charge < -0.3 is 9.47 Å². The molecule has 0 N–H and O–H groups in total. The lowest BCUT2D eigenvalue weighted by Crippen LogP contribution is -2.28. The number of hydrogen-bond donors (Lipinski definition) is 0. The van der Waals surface area contributed by atoms with Crippen LogP contribution in [0.15, 0.2) is 0 Å². The van der Waals surface area contributed by atoms with Crippen molar-refractivity contribution in [1.82, 2.24) is 0 Å². The average molecular weight is 216 g/mol. The molecule has 0 saturated carbocycles. The molecule has 0 rings (SSSR count). The van der Waals surface area contributed by atoms with Crippen LogP contribution in [0.2, 0.25) is 0 Å². The Hall–Kier alpha value is -0.0800. The van der Waals surface area contributed by atoms with Crippen molar-refractivity contribution in [2.75, 3.05) is 13.2 Å². The topological polar surface area (TPSA) is 18.5 Å². The fraction of sp³-hybridized carbons (Fsp3) is 1.00. The predicted molar refractivity (Wildman–Crippen MR) is 65.1 cm³/mol. The Balaban J connectivity index is 3.55. The Labute approximate surface area is 95.3 Å². The first kappa shape index (κ1) is 14.9. The van der Waals surface area contributed by atoms with Gasteiger partial charge in [0, 0.05) is 13.2 Å². The molecule has 92 valence electrons. The summed E-state index contributed by atoms with van der Waals surface area (Å²) >= 11 is 0. The summed E-state index contributed by atoms with van der Waals surface area (Å²) in [6.45, 7) is 14.6. The highest BCUT2D eigenvalue weighted by atomic mass is 16.5. The van der Waals surface area contributed by atoms with Crippen LogP contribution >= 0.6 is 0 Å². The van der Waals surface area contributed by atoms with Crippen LogP contribution in [0, 0.1) is 11.8 Å². The molecule has 0 aliphatic heterocycles. The highest BCUT2D eigenvalue weighted by molar-refractivity contribution is 4.61. The average Bonchev–Trinajstić information content (AvgIpc) is 2.13. The van der Waals surface area contributed by atoms with E-state index < -0.39 is 0 Å². The minimum Gasteiger partial charge on any atom is -0.376 e. The van der Waals surface area contributed by atoms with E-state index in [9.17, 15) is 0 Å². The van der Waals surface area contributed by atoms with Crippen molar-refractivity contribution in [3.63, 3.8) is 0 Å². The second kappa shape index (κ2) is 8.12. The van der Waals surface area contributed by atoms with E-state index in [0.717, 1.165) is 19.6 Å². The van der Waals surface area contributed by atoms with Crippen LogP contribution in [0.3, 0.4) is 0 Å². The monoisotopic (exact) mass is 216 g/mol. The van der Waals surface area contributed by atoms with Crippen molar-refractivity contribution in [2.45, 2.75) is 60.2 Å². The molecule has 0 bridgehead atoms. The molecular formula is C13H28O2. The van der Waals surface area contributed by atoms with E-state index >= 15 is 0 Å². The molecule has 2 atom stereocenters. The molecule has 15 heavy (non-hydrogen) atoms. The molecule has 0 aromatic carbocycles. The third kappa shape index (κ3) is 8.88. The molecule has 0 aliphatic carbocycles. The van der Waals surface area contributed by atoms with Crippen molar-refractivity contribution in [1.29, 1.82) is 0 Å². The fourth-order valence-electron chi connectivity index (χ4n) is 1.10. The fourth-order valence-corrected chi connectivity index (χ4v) is 1.10. The molecule has 0 aliphatic rings. The van der Waals surface area contributed by atoms with Crippen LogP contribution in [0.5, 0.6) is 0 Å². The molecule has 0 saturated heterocycles. The Morgan fingerprint density at radius 1 is 0.733 bits per heavy atom. The minimum absolute atomic E-state index is 0.194. The quantitative estimate of drug-likeness (QED) is 0.618. The molecule has 0 spiro atoms. The van der Waals surface area contributed by atoms with E-state index in [4.69, 9.17) is 9.47 Å². The molecule has 0 fully saturated rings. The standard InChI is InChI=1S/C13H28O2/c1-10(2)7-8-14-12(5)13(6)15-9-11(3)4/h10-13H,7-9H2,1-6H3/t12-,13-/m1/s1. The smallest absolute Gasteiger partial charge is 0.0806 e. The summed E-state index contributed by atoms with van der Waals surface area (Å²) in [5, 5.41) is 0. The van der Waals surface area contributed by atoms with E-state index in [0.29, 0.717) is 11.8 Å². The van der Waals surface area contributed by atoms with Gasteiger partial charge in [0.05, 0.1) is 12.2 Å². The maximum atomic E-state index is 5.72. The van der Waals surface area contributed by atoms with Crippen LogP contribution < -0.4 is 0 Å². The summed E-state index contributed by atoms with van der Waals surface area (Å²) in [6, 6.07) is 0. The zero-order valence-corrected chi connectivity index (χ0v) is 11.2. The predicted octanol–water partition coefficient (Wildman–Crippen LogP) is 3.50. The lowest BCUT2D eigenvalue weighted by Gasteiger charge is -2.22. The van der Waals surface area contributed by atoms with Gasteiger partial charge in [0.2, 0.25) is 0 Å². The van der Waals surface area contributed by atoms with Crippen LogP contribution in [0.1, 0.15) is 48.0 Å². The third-order valence-corrected chi connectivity index (χ3v) is 2.43. The number of ether oxygens (including phenoxy) is 2. The van der Waals surface area contributed by atoms with Gasteiger partial charge in [-0.1, -0.05) is 27.7 Å². The minimum atomic E-state index is 0.194. The summed E-state index contributed by atoms with van der Waals surface area (Å²) < 4.78 is 11.4. The van der Waals surface area contributed by atoms with Gasteiger partial charge in [-0.05, 0) is 32.1 Å². The summed E-state index contributed by atoms with van der Waals surface area (Å²) in [5.74, 6) is 1.31. The zero-order valence-electron chi connectivity index (χ0n) is 11.2. The molecule has 0 aromatic rings. The number of rotatable bonds is 8. The van der Waals surface area contributed by atoms with E-state index in [1.54, 1.807) is 0 Å². The molecule has 0 unspecified atom stereocenters. The van der Waals surface area contributed by atoms with Crippen molar-refractivity contribution >= 4 is 0 Å². The van der Waals surface area contributed by atoms with Gasteiger partial charge in [-0.3, -0.25) is 0 Å². The zero-order chi connectivity index (χ0) is 11.8. The van der Waals surface area contributed by atoms with E-state index in [-0.39, 0.29) is 12.2 Å². The SMILES string of the molecule is CC(C)CCO[C@H](C)[C@@H](C)OCC(C)C. The molecule has 0 aromatic heterocycles. The largest absolute Gasteiger partial charge is 0.376 e. The Morgan fingerprint density at radius 3 is 1.73 bits per heavy atom. The highest BCUT2D eigenvalue weighted by Crippen LogP contribution is 2.08. The normalized spacial score (nSPS) is 16.0. The first-order chi connectivity index (χ1) is 6.93. The van der Waals surface area contributed by atoms with Crippen LogP contribution in [-0.2, 0) is 9.47 Å². The highest BCUT2D eigenvalue weighted by Gasteiger charge is 2.13. The van der Waals surface area contributed by atoms with Crippen LogP contribution in [-0.4, -0.2) is 25.4 Å². The van der Waals surface area contributed by atoms with E-state index in [1.807, 2.05) is 0 Å².